The molecule has 0 unspecified atom stereocenters. The molecule has 2 aliphatic rings. The first-order chi connectivity index (χ1) is 8.92. The van der Waals surface area contributed by atoms with E-state index in [0.29, 0.717) is 25.1 Å². The van der Waals surface area contributed by atoms with Gasteiger partial charge in [0.05, 0.1) is 6.61 Å². The minimum absolute atomic E-state index is 0.376. The largest absolute Gasteiger partial charge is 0.363 e. The van der Waals surface area contributed by atoms with Crippen LogP contribution in [0, 0.1) is 5.92 Å². The molecule has 19 heavy (non-hydrogen) atoms. The molecule has 1 saturated heterocycles. The van der Waals surface area contributed by atoms with Crippen LogP contribution < -0.4 is 0 Å². The van der Waals surface area contributed by atoms with Crippen LogP contribution in [0.15, 0.2) is 11.1 Å². The fourth-order valence-electron chi connectivity index (χ4n) is 3.71. The Morgan fingerprint density at radius 2 is 2.05 bits per heavy atom. The van der Waals surface area contributed by atoms with E-state index >= 15 is 0 Å². The summed E-state index contributed by atoms with van der Waals surface area (Å²) in [6.07, 6.45) is 0.879. The summed E-state index contributed by atoms with van der Waals surface area (Å²) in [5.41, 5.74) is 1.96. The minimum atomic E-state index is -0.898. The first-order valence-electron chi connectivity index (χ1n) is 7.66. The molecule has 0 N–H and O–H groups in total. The van der Waals surface area contributed by atoms with E-state index in [2.05, 4.69) is 39.5 Å². The molecule has 0 aliphatic carbocycles. The van der Waals surface area contributed by atoms with Crippen molar-refractivity contribution < 1.29 is 9.13 Å². The van der Waals surface area contributed by atoms with E-state index in [1.807, 2.05) is 0 Å². The van der Waals surface area contributed by atoms with Crippen molar-refractivity contribution in [2.45, 2.75) is 65.3 Å². The average Bonchev–Trinajstić information content (AvgIpc) is 2.72. The van der Waals surface area contributed by atoms with Gasteiger partial charge in [0.15, 0.2) is 0 Å². The third kappa shape index (κ3) is 2.47. The second-order valence-corrected chi connectivity index (χ2v) is 6.51. The summed E-state index contributed by atoms with van der Waals surface area (Å²) in [5.74, 6) is 0.376. The van der Waals surface area contributed by atoms with Crippen LogP contribution >= 0.6 is 0 Å². The van der Waals surface area contributed by atoms with Gasteiger partial charge in [-0.1, -0.05) is 20.8 Å². The topological polar surface area (TPSA) is 12.5 Å². The Bertz CT molecular complexity index is 364. The summed E-state index contributed by atoms with van der Waals surface area (Å²) < 4.78 is 20.9. The Labute approximate surface area is 117 Å². The lowest BCUT2D eigenvalue weighted by atomic mass is 9.76. The highest BCUT2D eigenvalue weighted by atomic mass is 19.1. The molecular weight excluding hydrogens is 241 g/mol. The van der Waals surface area contributed by atoms with E-state index in [0.717, 1.165) is 19.4 Å². The highest BCUT2D eigenvalue weighted by molar-refractivity contribution is 5.34. The van der Waals surface area contributed by atoms with Gasteiger partial charge in [-0.25, -0.2) is 4.39 Å². The maximum Gasteiger partial charge on any atom is 0.145 e. The molecule has 2 heterocycles. The Balaban J connectivity index is 2.27. The first kappa shape index (κ1) is 15.0. The fourth-order valence-corrected chi connectivity index (χ4v) is 3.71. The molecule has 2 nitrogen and oxygen atoms in total. The number of ether oxygens (including phenoxy) is 1. The lowest BCUT2D eigenvalue weighted by Crippen LogP contribution is -2.56. The van der Waals surface area contributed by atoms with E-state index in [1.165, 1.54) is 11.1 Å². The van der Waals surface area contributed by atoms with Gasteiger partial charge >= 0.3 is 0 Å². The smallest absolute Gasteiger partial charge is 0.145 e. The van der Waals surface area contributed by atoms with Crippen LogP contribution in [0.4, 0.5) is 4.39 Å². The van der Waals surface area contributed by atoms with E-state index in [9.17, 15) is 4.39 Å². The van der Waals surface area contributed by atoms with Crippen molar-refractivity contribution in [2.24, 2.45) is 5.92 Å². The Morgan fingerprint density at radius 1 is 1.37 bits per heavy atom. The van der Waals surface area contributed by atoms with Crippen LogP contribution in [0.2, 0.25) is 0 Å². The zero-order chi connectivity index (χ0) is 14.2. The first-order valence-corrected chi connectivity index (χ1v) is 7.66. The number of likely N-dealkylation sites (tertiary alicyclic amines) is 1. The van der Waals surface area contributed by atoms with Gasteiger partial charge in [0.2, 0.25) is 0 Å². The van der Waals surface area contributed by atoms with Gasteiger partial charge in [0, 0.05) is 19.1 Å². The van der Waals surface area contributed by atoms with Gasteiger partial charge in [-0.15, -0.1) is 0 Å². The molecule has 1 fully saturated rings. The quantitative estimate of drug-likeness (QED) is 0.726. The molecule has 1 spiro atoms. The summed E-state index contributed by atoms with van der Waals surface area (Å²) >= 11 is 0. The van der Waals surface area contributed by atoms with Crippen molar-refractivity contribution in [3.63, 3.8) is 0 Å². The third-order valence-corrected chi connectivity index (χ3v) is 4.75. The number of hydrogen-bond acceptors (Lipinski definition) is 2. The van der Waals surface area contributed by atoms with Crippen LogP contribution in [0.3, 0.4) is 0 Å². The lowest BCUT2D eigenvalue weighted by Gasteiger charge is -2.45. The minimum Gasteiger partial charge on any atom is -0.363 e. The molecule has 2 aliphatic heterocycles. The van der Waals surface area contributed by atoms with E-state index in [1.54, 1.807) is 0 Å². The van der Waals surface area contributed by atoms with Crippen LogP contribution in [0.1, 0.15) is 47.5 Å². The normalized spacial score (nSPS) is 33.2. The molecule has 0 aromatic rings. The van der Waals surface area contributed by atoms with Crippen molar-refractivity contribution in [1.82, 2.24) is 4.90 Å². The van der Waals surface area contributed by atoms with Gasteiger partial charge in [-0.05, 0) is 43.8 Å². The van der Waals surface area contributed by atoms with Crippen molar-refractivity contribution in [1.29, 1.82) is 0 Å². The summed E-state index contributed by atoms with van der Waals surface area (Å²) in [6.45, 7) is 12.8. The van der Waals surface area contributed by atoms with Gasteiger partial charge in [-0.3, -0.25) is 4.90 Å². The molecule has 0 radical (unpaired) electrons. The highest BCUT2D eigenvalue weighted by Gasteiger charge is 2.52. The number of hydrogen-bond donors (Lipinski definition) is 0. The summed E-state index contributed by atoms with van der Waals surface area (Å²) in [6, 6.07) is 0.411. The zero-order valence-corrected chi connectivity index (χ0v) is 13.0. The molecule has 2 rings (SSSR count). The van der Waals surface area contributed by atoms with Gasteiger partial charge in [0.1, 0.15) is 11.8 Å². The zero-order valence-electron chi connectivity index (χ0n) is 13.0. The molecule has 110 valence electrons. The van der Waals surface area contributed by atoms with Crippen molar-refractivity contribution in [2.75, 3.05) is 19.7 Å². The van der Waals surface area contributed by atoms with Crippen LogP contribution in [-0.2, 0) is 4.74 Å². The molecule has 2 atom stereocenters. The maximum absolute atomic E-state index is 14.9. The van der Waals surface area contributed by atoms with Crippen molar-refractivity contribution in [3.05, 3.63) is 11.1 Å². The predicted octanol–water partition coefficient (Wildman–Crippen LogP) is 3.57. The molecule has 0 saturated carbocycles. The van der Waals surface area contributed by atoms with Gasteiger partial charge in [-0.2, -0.15) is 0 Å². The monoisotopic (exact) mass is 269 g/mol. The Morgan fingerprint density at radius 3 is 2.53 bits per heavy atom. The molecule has 0 amide bonds. The Hall–Kier alpha value is -0.410. The maximum atomic E-state index is 14.9. The van der Waals surface area contributed by atoms with Crippen LogP contribution in [-0.4, -0.2) is 42.4 Å². The van der Waals surface area contributed by atoms with Crippen molar-refractivity contribution in [3.8, 4) is 0 Å². The molecule has 3 heteroatoms. The van der Waals surface area contributed by atoms with E-state index in [-0.39, 0.29) is 0 Å². The summed E-state index contributed by atoms with van der Waals surface area (Å²) in [5, 5.41) is 0. The van der Waals surface area contributed by atoms with Gasteiger partial charge in [0.25, 0.3) is 0 Å². The number of alkyl halides is 1. The van der Waals surface area contributed by atoms with E-state index in [4.69, 9.17) is 4.74 Å². The van der Waals surface area contributed by atoms with Gasteiger partial charge < -0.3 is 4.74 Å². The SMILES string of the molecule is CCC1=C(C(C)C)[C@@]2(CCN(C(C)C)C[C@@H]2F)OC1. The highest BCUT2D eigenvalue weighted by Crippen LogP contribution is 2.45. The summed E-state index contributed by atoms with van der Waals surface area (Å²) in [7, 11) is 0. The third-order valence-electron chi connectivity index (χ3n) is 4.75. The average molecular weight is 269 g/mol. The van der Waals surface area contributed by atoms with Crippen molar-refractivity contribution >= 4 is 0 Å². The van der Waals surface area contributed by atoms with Crippen LogP contribution in [0.5, 0.6) is 0 Å². The van der Waals surface area contributed by atoms with E-state index < -0.39 is 11.8 Å². The number of piperidine rings is 1. The number of nitrogens with zero attached hydrogens (tertiary/aromatic N) is 1. The number of rotatable bonds is 3. The molecule has 0 bridgehead atoms. The fraction of sp³-hybridized carbons (Fsp3) is 0.875. The molecular formula is C16H28FNO. The van der Waals surface area contributed by atoms with Crippen LogP contribution in [0.25, 0.3) is 0 Å². The second kappa shape index (κ2) is 5.53. The second-order valence-electron chi connectivity index (χ2n) is 6.51. The lowest BCUT2D eigenvalue weighted by molar-refractivity contribution is -0.0938. The summed E-state index contributed by atoms with van der Waals surface area (Å²) in [4.78, 5) is 2.22. The molecule has 0 aromatic heterocycles. The predicted molar refractivity (Wildman–Crippen MR) is 77.1 cm³/mol. The molecule has 0 aromatic carbocycles. The Kier molecular flexibility index (Phi) is 4.36. The standard InChI is InChI=1S/C16H28FNO/c1-6-13-10-19-16(15(13)11(2)3)7-8-18(12(4)5)9-14(16)17/h11-12,14H,6-10H2,1-5H3/t14-,16-/m0/s1. The number of halogens is 1.